The lowest BCUT2D eigenvalue weighted by atomic mass is 10.0. The summed E-state index contributed by atoms with van der Waals surface area (Å²) in [6.45, 7) is 3.99. The zero-order valence-electron chi connectivity index (χ0n) is 11.1. The van der Waals surface area contributed by atoms with Crippen molar-refractivity contribution in [2.75, 3.05) is 0 Å². The van der Waals surface area contributed by atoms with Gasteiger partial charge in [0, 0.05) is 13.5 Å². The number of hydrogen-bond donors (Lipinski definition) is 0. The summed E-state index contributed by atoms with van der Waals surface area (Å²) in [7, 11) is 1.81. The van der Waals surface area contributed by atoms with Crippen molar-refractivity contribution < 1.29 is 4.79 Å². The molecule has 0 radical (unpaired) electrons. The molecular weight excluding hydrogens is 224 g/mol. The molecule has 0 N–H and O–H groups in total. The van der Waals surface area contributed by atoms with Gasteiger partial charge in [0.25, 0.3) is 0 Å². The van der Waals surface area contributed by atoms with Gasteiger partial charge in [-0.05, 0) is 31.4 Å². The second-order valence-electron chi connectivity index (χ2n) is 4.71. The van der Waals surface area contributed by atoms with Crippen molar-refractivity contribution in [3.05, 3.63) is 52.8 Å². The topological polar surface area (TPSA) is 34.9 Å². The Morgan fingerprint density at radius 1 is 1.33 bits per heavy atom. The summed E-state index contributed by atoms with van der Waals surface area (Å²) >= 11 is 0. The van der Waals surface area contributed by atoms with Crippen molar-refractivity contribution in [1.82, 2.24) is 9.78 Å². The molecule has 0 aliphatic carbocycles. The third-order valence-electron chi connectivity index (χ3n) is 3.11. The van der Waals surface area contributed by atoms with E-state index in [2.05, 4.69) is 30.2 Å². The second kappa shape index (κ2) is 5.17. The van der Waals surface area contributed by atoms with Crippen LogP contribution in [0.3, 0.4) is 0 Å². The van der Waals surface area contributed by atoms with Crippen LogP contribution in [0.1, 0.15) is 33.6 Å². The second-order valence-corrected chi connectivity index (χ2v) is 4.71. The molecule has 0 unspecified atom stereocenters. The van der Waals surface area contributed by atoms with E-state index in [1.807, 2.05) is 20.0 Å². The molecule has 1 heterocycles. The van der Waals surface area contributed by atoms with Crippen molar-refractivity contribution in [3.63, 3.8) is 0 Å². The van der Waals surface area contributed by atoms with Gasteiger partial charge in [-0.15, -0.1) is 0 Å². The first-order valence-electron chi connectivity index (χ1n) is 6.15. The summed E-state index contributed by atoms with van der Waals surface area (Å²) < 4.78 is 1.66. The van der Waals surface area contributed by atoms with Crippen LogP contribution < -0.4 is 0 Å². The van der Waals surface area contributed by atoms with E-state index in [4.69, 9.17) is 0 Å². The maximum absolute atomic E-state index is 12.1. The van der Waals surface area contributed by atoms with Gasteiger partial charge in [-0.25, -0.2) is 0 Å². The summed E-state index contributed by atoms with van der Waals surface area (Å²) in [5, 5.41) is 4.10. The number of rotatable bonds is 4. The summed E-state index contributed by atoms with van der Waals surface area (Å²) in [5.41, 5.74) is 4.12. The Labute approximate surface area is 107 Å². The van der Waals surface area contributed by atoms with Crippen molar-refractivity contribution in [2.24, 2.45) is 7.05 Å². The standard InChI is InChI=1S/C15H18N2O/c1-11-5-4-6-13(9-11)7-8-14(18)15-12(2)10-16-17(15)3/h4-6,9-10H,7-8H2,1-3H3. The average Bonchev–Trinajstić information content (AvgIpc) is 2.66. The van der Waals surface area contributed by atoms with E-state index >= 15 is 0 Å². The molecule has 94 valence electrons. The molecule has 0 spiro atoms. The Hall–Kier alpha value is -1.90. The van der Waals surface area contributed by atoms with Crippen LogP contribution in [0.15, 0.2) is 30.5 Å². The van der Waals surface area contributed by atoms with E-state index in [0.29, 0.717) is 6.42 Å². The molecule has 1 aromatic heterocycles. The first kappa shape index (κ1) is 12.6. The van der Waals surface area contributed by atoms with E-state index in [-0.39, 0.29) is 5.78 Å². The summed E-state index contributed by atoms with van der Waals surface area (Å²) in [6, 6.07) is 8.29. The number of aromatic nitrogens is 2. The monoisotopic (exact) mass is 242 g/mol. The maximum Gasteiger partial charge on any atom is 0.181 e. The first-order chi connectivity index (χ1) is 8.58. The summed E-state index contributed by atoms with van der Waals surface area (Å²) in [6.07, 6.45) is 3.05. The molecule has 3 heteroatoms. The van der Waals surface area contributed by atoms with Gasteiger partial charge in [-0.3, -0.25) is 9.48 Å². The lowest BCUT2D eigenvalue weighted by molar-refractivity contribution is 0.0973. The van der Waals surface area contributed by atoms with Crippen LogP contribution in [0.25, 0.3) is 0 Å². The van der Waals surface area contributed by atoms with Crippen LogP contribution in [0.5, 0.6) is 0 Å². The van der Waals surface area contributed by atoms with Crippen LogP contribution >= 0.6 is 0 Å². The van der Waals surface area contributed by atoms with Crippen LogP contribution in [0.4, 0.5) is 0 Å². The molecule has 0 bridgehead atoms. The van der Waals surface area contributed by atoms with Gasteiger partial charge >= 0.3 is 0 Å². The fraction of sp³-hybridized carbons (Fsp3) is 0.333. The first-order valence-corrected chi connectivity index (χ1v) is 6.15. The minimum atomic E-state index is 0.161. The Morgan fingerprint density at radius 2 is 2.11 bits per heavy atom. The maximum atomic E-state index is 12.1. The van der Waals surface area contributed by atoms with Crippen molar-refractivity contribution in [2.45, 2.75) is 26.7 Å². The van der Waals surface area contributed by atoms with E-state index in [9.17, 15) is 4.79 Å². The molecule has 0 aliphatic heterocycles. The minimum absolute atomic E-state index is 0.161. The molecule has 2 aromatic rings. The van der Waals surface area contributed by atoms with Gasteiger partial charge in [0.1, 0.15) is 5.69 Å². The molecule has 0 fully saturated rings. The lowest BCUT2D eigenvalue weighted by Gasteiger charge is -2.04. The number of benzene rings is 1. The predicted octanol–water partition coefficient (Wildman–Crippen LogP) is 2.85. The molecule has 0 atom stereocenters. The number of ketones is 1. The van der Waals surface area contributed by atoms with E-state index < -0.39 is 0 Å². The molecule has 1 aromatic carbocycles. The van der Waals surface area contributed by atoms with E-state index in [1.54, 1.807) is 10.9 Å². The highest BCUT2D eigenvalue weighted by atomic mass is 16.1. The smallest absolute Gasteiger partial charge is 0.181 e. The molecule has 18 heavy (non-hydrogen) atoms. The minimum Gasteiger partial charge on any atom is -0.292 e. The fourth-order valence-corrected chi connectivity index (χ4v) is 2.19. The van der Waals surface area contributed by atoms with Gasteiger partial charge in [-0.1, -0.05) is 29.8 Å². The number of carbonyl (C=O) groups excluding carboxylic acids is 1. The normalized spacial score (nSPS) is 10.6. The molecule has 3 nitrogen and oxygen atoms in total. The predicted molar refractivity (Wildman–Crippen MR) is 71.8 cm³/mol. The van der Waals surface area contributed by atoms with Crippen LogP contribution in [-0.4, -0.2) is 15.6 Å². The molecule has 0 amide bonds. The number of hydrogen-bond acceptors (Lipinski definition) is 2. The third-order valence-corrected chi connectivity index (χ3v) is 3.11. The Balaban J connectivity index is 2.05. The number of aryl methyl sites for hydroxylation is 4. The average molecular weight is 242 g/mol. The zero-order chi connectivity index (χ0) is 13.1. The van der Waals surface area contributed by atoms with E-state index in [1.165, 1.54) is 11.1 Å². The largest absolute Gasteiger partial charge is 0.292 e. The van der Waals surface area contributed by atoms with Gasteiger partial charge in [0.2, 0.25) is 0 Å². The number of carbonyl (C=O) groups is 1. The highest BCUT2D eigenvalue weighted by Gasteiger charge is 2.13. The Bertz CT molecular complexity index is 550. The highest BCUT2D eigenvalue weighted by molar-refractivity contribution is 5.95. The van der Waals surface area contributed by atoms with Crippen LogP contribution in [0, 0.1) is 13.8 Å². The van der Waals surface area contributed by atoms with Gasteiger partial charge in [0.15, 0.2) is 5.78 Å². The van der Waals surface area contributed by atoms with E-state index in [0.717, 1.165) is 17.7 Å². The highest BCUT2D eigenvalue weighted by Crippen LogP contribution is 2.12. The van der Waals surface area contributed by atoms with Gasteiger partial charge < -0.3 is 0 Å². The quantitative estimate of drug-likeness (QED) is 0.773. The van der Waals surface area contributed by atoms with Crippen molar-refractivity contribution in [1.29, 1.82) is 0 Å². The Morgan fingerprint density at radius 3 is 2.72 bits per heavy atom. The SMILES string of the molecule is Cc1cccc(CCC(=O)c2c(C)cnn2C)c1. The zero-order valence-corrected chi connectivity index (χ0v) is 11.1. The molecule has 0 saturated carbocycles. The van der Waals surface area contributed by atoms with Crippen molar-refractivity contribution >= 4 is 5.78 Å². The number of Topliss-reactive ketones (excluding diaryl/α,β-unsaturated/α-hetero) is 1. The summed E-state index contributed by atoms with van der Waals surface area (Å²) in [4.78, 5) is 12.1. The fourth-order valence-electron chi connectivity index (χ4n) is 2.19. The van der Waals surface area contributed by atoms with Gasteiger partial charge in [0.05, 0.1) is 6.20 Å². The molecular formula is C15H18N2O. The van der Waals surface area contributed by atoms with Crippen molar-refractivity contribution in [3.8, 4) is 0 Å². The molecule has 0 saturated heterocycles. The third kappa shape index (κ3) is 2.67. The molecule has 0 aliphatic rings. The van der Waals surface area contributed by atoms with Crippen LogP contribution in [-0.2, 0) is 13.5 Å². The van der Waals surface area contributed by atoms with Crippen LogP contribution in [0.2, 0.25) is 0 Å². The lowest BCUT2D eigenvalue weighted by Crippen LogP contribution is -2.09. The Kier molecular flexibility index (Phi) is 3.60. The van der Waals surface area contributed by atoms with Gasteiger partial charge in [-0.2, -0.15) is 5.10 Å². The molecule has 2 rings (SSSR count). The summed E-state index contributed by atoms with van der Waals surface area (Å²) in [5.74, 6) is 0.161. The number of nitrogens with zero attached hydrogens (tertiary/aromatic N) is 2.